The Morgan fingerprint density at radius 3 is 2.73 bits per heavy atom. The second kappa shape index (κ2) is 3.82. The molecule has 11 heavy (non-hydrogen) atoms. The molecule has 1 aromatic heterocycles. The van der Waals surface area contributed by atoms with E-state index in [2.05, 4.69) is 10.2 Å². The van der Waals surface area contributed by atoms with Gasteiger partial charge in [-0.3, -0.25) is 0 Å². The van der Waals surface area contributed by atoms with Crippen LogP contribution in [0.2, 0.25) is 0 Å². The first-order valence-corrected chi connectivity index (χ1v) is 4.48. The van der Waals surface area contributed by atoms with E-state index in [9.17, 15) is 8.78 Å². The molecule has 1 rings (SSSR count). The molecule has 0 atom stereocenters. The predicted octanol–water partition coefficient (Wildman–Crippen LogP) is 1.48. The highest BCUT2D eigenvalue weighted by Crippen LogP contribution is 2.24. The number of nitrogens with zero attached hydrogens (tertiary/aromatic N) is 2. The van der Waals surface area contributed by atoms with E-state index in [1.54, 1.807) is 0 Å². The van der Waals surface area contributed by atoms with Crippen molar-refractivity contribution in [1.82, 2.24) is 10.2 Å². The fourth-order valence-electron chi connectivity index (χ4n) is 0.413. The second-order valence-electron chi connectivity index (χ2n) is 1.61. The topological polar surface area (TPSA) is 51.8 Å². The molecule has 0 fully saturated rings. The van der Waals surface area contributed by atoms with Gasteiger partial charge in [0.2, 0.25) is 11.6 Å². The van der Waals surface area contributed by atoms with Crippen molar-refractivity contribution in [3.8, 4) is 0 Å². The summed E-state index contributed by atoms with van der Waals surface area (Å²) in [5, 5.41) is 7.34. The van der Waals surface area contributed by atoms with Crippen LogP contribution in [-0.2, 0) is 0 Å². The SMILES string of the molecule is Nc1nnc(SCC(F)F)s1. The van der Waals surface area contributed by atoms with Crippen LogP contribution in [0, 0.1) is 0 Å². The summed E-state index contributed by atoms with van der Waals surface area (Å²) in [6, 6.07) is 0. The average molecular weight is 197 g/mol. The molecule has 0 radical (unpaired) electrons. The zero-order valence-electron chi connectivity index (χ0n) is 5.33. The van der Waals surface area contributed by atoms with E-state index >= 15 is 0 Å². The molecule has 0 aliphatic heterocycles. The maximum absolute atomic E-state index is 11.6. The molecule has 0 bridgehead atoms. The molecule has 2 N–H and O–H groups in total. The van der Waals surface area contributed by atoms with E-state index in [0.717, 1.165) is 23.1 Å². The molecule has 0 aromatic carbocycles. The molecular weight excluding hydrogens is 192 g/mol. The van der Waals surface area contributed by atoms with Crippen molar-refractivity contribution in [2.75, 3.05) is 11.5 Å². The molecule has 0 saturated carbocycles. The molecule has 0 unspecified atom stereocenters. The number of hydrogen-bond donors (Lipinski definition) is 1. The number of nitrogens with two attached hydrogens (primary N) is 1. The molecule has 0 amide bonds. The summed E-state index contributed by atoms with van der Waals surface area (Å²) in [7, 11) is 0. The maximum atomic E-state index is 11.6. The fraction of sp³-hybridized carbons (Fsp3) is 0.500. The number of anilines is 1. The van der Waals surface area contributed by atoms with Crippen LogP contribution >= 0.6 is 23.1 Å². The largest absolute Gasteiger partial charge is 0.374 e. The van der Waals surface area contributed by atoms with Crippen LogP contribution in [0.3, 0.4) is 0 Å². The van der Waals surface area contributed by atoms with Crippen molar-refractivity contribution in [2.24, 2.45) is 0 Å². The van der Waals surface area contributed by atoms with Gasteiger partial charge in [0.15, 0.2) is 4.34 Å². The number of thioether (sulfide) groups is 1. The minimum Gasteiger partial charge on any atom is -0.374 e. The number of halogens is 2. The van der Waals surface area contributed by atoms with Crippen molar-refractivity contribution >= 4 is 28.2 Å². The van der Waals surface area contributed by atoms with Gasteiger partial charge < -0.3 is 5.73 Å². The zero-order chi connectivity index (χ0) is 8.27. The van der Waals surface area contributed by atoms with Crippen LogP contribution < -0.4 is 5.73 Å². The van der Waals surface area contributed by atoms with Crippen molar-refractivity contribution in [2.45, 2.75) is 10.8 Å². The summed E-state index contributed by atoms with van der Waals surface area (Å²) in [5.74, 6) is -0.255. The highest BCUT2D eigenvalue weighted by molar-refractivity contribution is 8.01. The van der Waals surface area contributed by atoms with Gasteiger partial charge >= 0.3 is 0 Å². The lowest BCUT2D eigenvalue weighted by atomic mass is 10.9. The molecule has 1 aromatic rings. The Balaban J connectivity index is 2.39. The highest BCUT2D eigenvalue weighted by atomic mass is 32.2. The molecule has 0 aliphatic carbocycles. The minimum atomic E-state index is -2.31. The van der Waals surface area contributed by atoms with Crippen LogP contribution in [-0.4, -0.2) is 22.4 Å². The zero-order valence-corrected chi connectivity index (χ0v) is 6.96. The summed E-state index contributed by atoms with van der Waals surface area (Å²) in [6.45, 7) is 0. The van der Waals surface area contributed by atoms with Crippen molar-refractivity contribution in [3.63, 3.8) is 0 Å². The van der Waals surface area contributed by atoms with Crippen molar-refractivity contribution in [3.05, 3.63) is 0 Å². The van der Waals surface area contributed by atoms with E-state index in [4.69, 9.17) is 5.73 Å². The van der Waals surface area contributed by atoms with E-state index in [1.165, 1.54) is 0 Å². The van der Waals surface area contributed by atoms with E-state index < -0.39 is 6.43 Å². The standard InChI is InChI=1S/C4H5F2N3S2/c5-2(6)1-10-4-9-8-3(7)11-4/h2H,1H2,(H2,7,8). The Bertz CT molecular complexity index is 227. The lowest BCUT2D eigenvalue weighted by molar-refractivity contribution is 0.177. The van der Waals surface area contributed by atoms with Crippen LogP contribution in [0.25, 0.3) is 0 Å². The Labute approximate surface area is 70.0 Å². The first kappa shape index (κ1) is 8.66. The third-order valence-electron chi connectivity index (χ3n) is 0.755. The second-order valence-corrected chi connectivity index (χ2v) is 3.88. The molecule has 0 saturated heterocycles. The molecule has 7 heteroatoms. The molecule has 62 valence electrons. The Kier molecular flexibility index (Phi) is 3.01. The Hall–Kier alpha value is -0.430. The first-order valence-electron chi connectivity index (χ1n) is 2.68. The van der Waals surface area contributed by atoms with E-state index in [1.807, 2.05) is 0 Å². The molecule has 3 nitrogen and oxygen atoms in total. The third kappa shape index (κ3) is 2.98. The number of aromatic nitrogens is 2. The minimum absolute atomic E-state index is 0.255. The van der Waals surface area contributed by atoms with E-state index in [0.29, 0.717) is 9.47 Å². The van der Waals surface area contributed by atoms with Gasteiger partial charge in [-0.25, -0.2) is 8.78 Å². The fourth-order valence-corrected chi connectivity index (χ4v) is 1.82. The monoisotopic (exact) mass is 197 g/mol. The maximum Gasteiger partial charge on any atom is 0.248 e. The van der Waals surface area contributed by atoms with Gasteiger partial charge in [0, 0.05) is 0 Å². The number of nitrogen functional groups attached to an aromatic ring is 1. The van der Waals surface area contributed by atoms with Crippen LogP contribution in [0.1, 0.15) is 0 Å². The Morgan fingerprint density at radius 2 is 2.27 bits per heavy atom. The lowest BCUT2D eigenvalue weighted by Crippen LogP contribution is -1.92. The van der Waals surface area contributed by atoms with Gasteiger partial charge in [0.25, 0.3) is 0 Å². The quantitative estimate of drug-likeness (QED) is 0.746. The molecular formula is C4H5F2N3S2. The van der Waals surface area contributed by atoms with Gasteiger partial charge in [-0.05, 0) is 0 Å². The number of hydrogen-bond acceptors (Lipinski definition) is 5. The van der Waals surface area contributed by atoms with Crippen LogP contribution in [0.15, 0.2) is 4.34 Å². The number of rotatable bonds is 3. The summed E-state index contributed by atoms with van der Waals surface area (Å²) >= 11 is 2.08. The van der Waals surface area contributed by atoms with Gasteiger partial charge in [-0.2, -0.15) is 0 Å². The van der Waals surface area contributed by atoms with Gasteiger partial charge in [0.05, 0.1) is 5.75 Å². The lowest BCUT2D eigenvalue weighted by Gasteiger charge is -1.92. The third-order valence-corrected chi connectivity index (χ3v) is 2.65. The van der Waals surface area contributed by atoms with E-state index in [-0.39, 0.29) is 5.75 Å². The van der Waals surface area contributed by atoms with Crippen LogP contribution in [0.5, 0.6) is 0 Å². The summed E-state index contributed by atoms with van der Waals surface area (Å²) < 4.78 is 23.8. The smallest absolute Gasteiger partial charge is 0.248 e. The molecule has 1 heterocycles. The molecule has 0 aliphatic rings. The predicted molar refractivity (Wildman–Crippen MR) is 41.0 cm³/mol. The van der Waals surface area contributed by atoms with Gasteiger partial charge in [0.1, 0.15) is 0 Å². The first-order chi connectivity index (χ1) is 5.18. The molecule has 0 spiro atoms. The van der Waals surface area contributed by atoms with Gasteiger partial charge in [-0.1, -0.05) is 23.1 Å². The normalized spacial score (nSPS) is 10.8. The van der Waals surface area contributed by atoms with Crippen molar-refractivity contribution in [1.29, 1.82) is 0 Å². The summed E-state index contributed by atoms with van der Waals surface area (Å²) in [6.07, 6.45) is -2.31. The highest BCUT2D eigenvalue weighted by Gasteiger charge is 2.06. The average Bonchev–Trinajstić information content (AvgIpc) is 2.31. The summed E-state index contributed by atoms with van der Waals surface area (Å²) in [4.78, 5) is 0. The Morgan fingerprint density at radius 1 is 1.55 bits per heavy atom. The van der Waals surface area contributed by atoms with Gasteiger partial charge in [-0.15, -0.1) is 10.2 Å². The van der Waals surface area contributed by atoms with Crippen LogP contribution in [0.4, 0.5) is 13.9 Å². The number of alkyl halides is 2. The summed E-state index contributed by atoms with van der Waals surface area (Å²) in [5.41, 5.74) is 5.23. The van der Waals surface area contributed by atoms with Crippen molar-refractivity contribution < 1.29 is 8.78 Å².